The van der Waals surface area contributed by atoms with E-state index in [0.29, 0.717) is 26.0 Å². The van der Waals surface area contributed by atoms with Crippen LogP contribution >= 0.6 is 0 Å². The first-order valence-corrected chi connectivity index (χ1v) is 7.44. The molecule has 1 amide bonds. The molecule has 0 saturated carbocycles. The summed E-state index contributed by atoms with van der Waals surface area (Å²) in [5.74, 6) is -0.312. The van der Waals surface area contributed by atoms with Gasteiger partial charge in [0.2, 0.25) is 0 Å². The van der Waals surface area contributed by atoms with Gasteiger partial charge in [-0.25, -0.2) is 9.59 Å². The lowest BCUT2D eigenvalue weighted by molar-refractivity contribution is -0.160. The average molecular weight is 285 g/mol. The molecule has 116 valence electrons. The number of esters is 1. The summed E-state index contributed by atoms with van der Waals surface area (Å²) in [6, 6.07) is 0. The van der Waals surface area contributed by atoms with Crippen molar-refractivity contribution in [3.63, 3.8) is 0 Å². The normalized spacial score (nSPS) is 23.4. The molecule has 0 radical (unpaired) electrons. The van der Waals surface area contributed by atoms with Gasteiger partial charge in [-0.05, 0) is 53.4 Å². The van der Waals surface area contributed by atoms with E-state index in [9.17, 15) is 9.59 Å². The fourth-order valence-corrected chi connectivity index (χ4v) is 2.61. The third-order valence-electron chi connectivity index (χ3n) is 3.59. The van der Waals surface area contributed by atoms with Gasteiger partial charge in [-0.15, -0.1) is 0 Å². The van der Waals surface area contributed by atoms with Crippen molar-refractivity contribution in [2.24, 2.45) is 0 Å². The number of ether oxygens (including phenoxy) is 2. The molecule has 5 nitrogen and oxygen atoms in total. The van der Waals surface area contributed by atoms with Crippen LogP contribution in [0.5, 0.6) is 0 Å². The van der Waals surface area contributed by atoms with E-state index in [1.54, 1.807) is 11.8 Å². The molecule has 1 fully saturated rings. The SMILES string of the molecule is CCOC(=O)[C@]1(CC)CCCCN1C(=O)OC(C)(C)C. The van der Waals surface area contributed by atoms with Gasteiger partial charge in [0, 0.05) is 6.54 Å². The molecule has 0 aromatic carbocycles. The lowest BCUT2D eigenvalue weighted by Gasteiger charge is -2.44. The number of amides is 1. The summed E-state index contributed by atoms with van der Waals surface area (Å²) < 4.78 is 10.6. The second-order valence-electron chi connectivity index (χ2n) is 6.19. The number of likely N-dealkylation sites (tertiary alicyclic amines) is 1. The van der Waals surface area contributed by atoms with Crippen molar-refractivity contribution in [3.8, 4) is 0 Å². The maximum atomic E-state index is 12.4. The second-order valence-corrected chi connectivity index (χ2v) is 6.19. The van der Waals surface area contributed by atoms with Crippen LogP contribution in [0.3, 0.4) is 0 Å². The van der Waals surface area contributed by atoms with Crippen molar-refractivity contribution in [1.29, 1.82) is 0 Å². The summed E-state index contributed by atoms with van der Waals surface area (Å²) >= 11 is 0. The summed E-state index contributed by atoms with van der Waals surface area (Å²) in [4.78, 5) is 26.3. The van der Waals surface area contributed by atoms with Crippen LogP contribution < -0.4 is 0 Å². The number of nitrogens with zero attached hydrogens (tertiary/aromatic N) is 1. The topological polar surface area (TPSA) is 55.8 Å². The van der Waals surface area contributed by atoms with Gasteiger partial charge in [-0.1, -0.05) is 6.92 Å². The van der Waals surface area contributed by atoms with Crippen molar-refractivity contribution < 1.29 is 19.1 Å². The van der Waals surface area contributed by atoms with E-state index >= 15 is 0 Å². The Hall–Kier alpha value is -1.26. The van der Waals surface area contributed by atoms with Crippen LogP contribution in [0.4, 0.5) is 4.79 Å². The zero-order valence-corrected chi connectivity index (χ0v) is 13.3. The molecule has 0 spiro atoms. The summed E-state index contributed by atoms with van der Waals surface area (Å²) in [6.07, 6.45) is 2.58. The van der Waals surface area contributed by atoms with Crippen molar-refractivity contribution >= 4 is 12.1 Å². The third kappa shape index (κ3) is 3.64. The van der Waals surface area contributed by atoms with E-state index < -0.39 is 17.2 Å². The van der Waals surface area contributed by atoms with Gasteiger partial charge in [-0.3, -0.25) is 4.90 Å². The number of hydrogen-bond donors (Lipinski definition) is 0. The lowest BCUT2D eigenvalue weighted by atomic mass is 9.84. The Morgan fingerprint density at radius 2 is 1.85 bits per heavy atom. The van der Waals surface area contributed by atoms with Crippen LogP contribution in [0.25, 0.3) is 0 Å². The molecule has 0 aliphatic carbocycles. The van der Waals surface area contributed by atoms with Crippen LogP contribution in [-0.4, -0.2) is 41.3 Å². The molecular formula is C15H27NO4. The Kier molecular flexibility index (Phi) is 5.42. The van der Waals surface area contributed by atoms with E-state index in [-0.39, 0.29) is 5.97 Å². The van der Waals surface area contributed by atoms with E-state index in [1.165, 1.54) is 0 Å². The molecule has 5 heteroatoms. The standard InChI is InChI=1S/C15H27NO4/c1-6-15(12(17)19-7-2)10-8-9-11-16(15)13(18)20-14(3,4)5/h6-11H2,1-5H3/t15-/m0/s1. The van der Waals surface area contributed by atoms with Crippen molar-refractivity contribution in [2.75, 3.05) is 13.2 Å². The smallest absolute Gasteiger partial charge is 0.411 e. The van der Waals surface area contributed by atoms with Crippen LogP contribution in [0.15, 0.2) is 0 Å². The lowest BCUT2D eigenvalue weighted by Crippen LogP contribution is -2.60. The largest absolute Gasteiger partial charge is 0.464 e. The number of carbonyl (C=O) groups is 2. The predicted molar refractivity (Wildman–Crippen MR) is 76.4 cm³/mol. The van der Waals surface area contributed by atoms with Gasteiger partial charge in [0.15, 0.2) is 0 Å². The Morgan fingerprint density at radius 3 is 2.35 bits per heavy atom. The molecule has 1 atom stereocenters. The first kappa shape index (κ1) is 16.8. The van der Waals surface area contributed by atoms with E-state index in [2.05, 4.69) is 0 Å². The van der Waals surface area contributed by atoms with Gasteiger partial charge < -0.3 is 9.47 Å². The minimum atomic E-state index is -0.864. The summed E-state index contributed by atoms with van der Waals surface area (Å²) in [5.41, 5.74) is -1.43. The fraction of sp³-hybridized carbons (Fsp3) is 0.867. The van der Waals surface area contributed by atoms with Gasteiger partial charge in [0.05, 0.1) is 6.61 Å². The number of piperidine rings is 1. The summed E-state index contributed by atoms with van der Waals surface area (Å²) in [6.45, 7) is 10.0. The van der Waals surface area contributed by atoms with E-state index in [1.807, 2.05) is 27.7 Å². The maximum Gasteiger partial charge on any atom is 0.411 e. The number of hydrogen-bond acceptors (Lipinski definition) is 4. The fourth-order valence-electron chi connectivity index (χ4n) is 2.61. The minimum absolute atomic E-state index is 0.312. The van der Waals surface area contributed by atoms with Gasteiger partial charge in [-0.2, -0.15) is 0 Å². The molecular weight excluding hydrogens is 258 g/mol. The average Bonchev–Trinajstić information content (AvgIpc) is 2.36. The van der Waals surface area contributed by atoms with Crippen molar-refractivity contribution in [1.82, 2.24) is 4.90 Å². The molecule has 0 unspecified atom stereocenters. The minimum Gasteiger partial charge on any atom is -0.464 e. The summed E-state index contributed by atoms with van der Waals surface area (Å²) in [7, 11) is 0. The zero-order chi connectivity index (χ0) is 15.4. The van der Waals surface area contributed by atoms with Crippen LogP contribution in [-0.2, 0) is 14.3 Å². The van der Waals surface area contributed by atoms with Gasteiger partial charge >= 0.3 is 12.1 Å². The highest BCUT2D eigenvalue weighted by molar-refractivity contribution is 5.86. The Balaban J connectivity index is 2.99. The highest BCUT2D eigenvalue weighted by Crippen LogP contribution is 2.34. The van der Waals surface area contributed by atoms with Gasteiger partial charge in [0.25, 0.3) is 0 Å². The van der Waals surface area contributed by atoms with Crippen molar-refractivity contribution in [2.45, 2.75) is 71.4 Å². The monoisotopic (exact) mass is 285 g/mol. The third-order valence-corrected chi connectivity index (χ3v) is 3.59. The van der Waals surface area contributed by atoms with Crippen molar-refractivity contribution in [3.05, 3.63) is 0 Å². The predicted octanol–water partition coefficient (Wildman–Crippen LogP) is 3.12. The highest BCUT2D eigenvalue weighted by Gasteiger charge is 2.48. The van der Waals surface area contributed by atoms with Crippen LogP contribution in [0, 0.1) is 0 Å². The van der Waals surface area contributed by atoms with Crippen LogP contribution in [0.1, 0.15) is 60.3 Å². The van der Waals surface area contributed by atoms with E-state index in [4.69, 9.17) is 9.47 Å². The first-order chi connectivity index (χ1) is 9.27. The molecule has 1 heterocycles. The van der Waals surface area contributed by atoms with E-state index in [0.717, 1.165) is 12.8 Å². The summed E-state index contributed by atoms with van der Waals surface area (Å²) in [5, 5.41) is 0. The van der Waals surface area contributed by atoms with Crippen LogP contribution in [0.2, 0.25) is 0 Å². The van der Waals surface area contributed by atoms with Gasteiger partial charge in [0.1, 0.15) is 11.1 Å². The molecule has 0 aromatic heterocycles. The molecule has 0 N–H and O–H groups in total. The molecule has 1 aliphatic rings. The molecule has 1 saturated heterocycles. The molecule has 0 aromatic rings. The zero-order valence-electron chi connectivity index (χ0n) is 13.3. The maximum absolute atomic E-state index is 12.4. The Labute approximate surface area is 121 Å². The number of rotatable bonds is 3. The molecule has 1 aliphatic heterocycles. The Morgan fingerprint density at radius 1 is 1.20 bits per heavy atom. The quantitative estimate of drug-likeness (QED) is 0.748. The second kappa shape index (κ2) is 6.46. The first-order valence-electron chi connectivity index (χ1n) is 7.44. The highest BCUT2D eigenvalue weighted by atomic mass is 16.6. The molecule has 0 bridgehead atoms. The molecule has 1 rings (SSSR count). The molecule has 20 heavy (non-hydrogen) atoms. The number of carbonyl (C=O) groups excluding carboxylic acids is 2. The Bertz CT molecular complexity index is 361.